The van der Waals surface area contributed by atoms with Gasteiger partial charge in [0.15, 0.2) is 0 Å². The molecule has 0 atom stereocenters. The number of H-pyrrole nitrogens is 1. The van der Waals surface area contributed by atoms with Crippen LogP contribution >= 0.6 is 0 Å². The van der Waals surface area contributed by atoms with Crippen molar-refractivity contribution >= 4 is 6.21 Å². The summed E-state index contributed by atoms with van der Waals surface area (Å²) in [5, 5.41) is 10.3. The summed E-state index contributed by atoms with van der Waals surface area (Å²) in [4.78, 5) is 32.3. The molecular formula is C18H23FN4O3. The smallest absolute Gasteiger partial charge is 0.331 e. The van der Waals surface area contributed by atoms with E-state index in [4.69, 9.17) is 0 Å². The first-order valence-electron chi connectivity index (χ1n) is 8.33. The zero-order valence-corrected chi connectivity index (χ0v) is 14.9. The molecule has 0 amide bonds. The van der Waals surface area contributed by atoms with Gasteiger partial charge < -0.3 is 10.0 Å². The molecule has 0 radical (unpaired) electrons. The van der Waals surface area contributed by atoms with Crippen LogP contribution in [0, 0.1) is 5.82 Å². The summed E-state index contributed by atoms with van der Waals surface area (Å²) in [7, 11) is 3.91. The first kappa shape index (κ1) is 19.6. The molecule has 2 aromatic rings. The largest absolute Gasteiger partial charge is 0.494 e. The van der Waals surface area contributed by atoms with E-state index in [-0.39, 0.29) is 17.9 Å². The number of hydrogen-bond donors (Lipinski definition) is 2. The molecule has 140 valence electrons. The number of aromatic nitrogens is 2. The van der Waals surface area contributed by atoms with Crippen LogP contribution in [-0.2, 0) is 13.0 Å². The van der Waals surface area contributed by atoms with Crippen LogP contribution in [0.15, 0.2) is 38.8 Å². The molecule has 0 fully saturated rings. The van der Waals surface area contributed by atoms with E-state index in [0.29, 0.717) is 13.0 Å². The van der Waals surface area contributed by atoms with Crippen LogP contribution in [0.2, 0.25) is 0 Å². The zero-order valence-electron chi connectivity index (χ0n) is 14.9. The molecule has 0 aliphatic rings. The number of aryl methyl sites for hydroxylation is 1. The Bertz CT molecular complexity index is 869. The molecule has 1 aromatic heterocycles. The van der Waals surface area contributed by atoms with Gasteiger partial charge in [0.25, 0.3) is 5.56 Å². The number of aromatic amines is 1. The highest BCUT2D eigenvalue weighted by Crippen LogP contribution is 2.10. The summed E-state index contributed by atoms with van der Waals surface area (Å²) in [6.45, 7) is 1.51. The van der Waals surface area contributed by atoms with Gasteiger partial charge in [-0.05, 0) is 51.2 Å². The van der Waals surface area contributed by atoms with E-state index in [1.807, 2.05) is 19.0 Å². The third-order valence-electron chi connectivity index (χ3n) is 3.86. The summed E-state index contributed by atoms with van der Waals surface area (Å²) in [6.07, 6.45) is 2.50. The van der Waals surface area contributed by atoms with Gasteiger partial charge in [-0.25, -0.2) is 9.18 Å². The van der Waals surface area contributed by atoms with Crippen LogP contribution in [0.5, 0.6) is 5.88 Å². The lowest BCUT2D eigenvalue weighted by Crippen LogP contribution is -2.32. The van der Waals surface area contributed by atoms with Crippen LogP contribution in [0.1, 0.15) is 17.5 Å². The van der Waals surface area contributed by atoms with Crippen molar-refractivity contribution in [2.24, 2.45) is 4.99 Å². The second kappa shape index (κ2) is 9.10. The highest BCUT2D eigenvalue weighted by atomic mass is 19.1. The Morgan fingerprint density at radius 1 is 1.27 bits per heavy atom. The Hall–Kier alpha value is -2.74. The first-order valence-corrected chi connectivity index (χ1v) is 8.33. The van der Waals surface area contributed by atoms with Crippen LogP contribution in [-0.4, -0.2) is 53.0 Å². The van der Waals surface area contributed by atoms with Crippen molar-refractivity contribution in [3.8, 4) is 5.88 Å². The average molecular weight is 362 g/mol. The van der Waals surface area contributed by atoms with Crippen molar-refractivity contribution in [1.82, 2.24) is 14.5 Å². The van der Waals surface area contributed by atoms with Crippen molar-refractivity contribution < 1.29 is 9.50 Å². The molecule has 2 N–H and O–H groups in total. The lowest BCUT2D eigenvalue weighted by Gasteiger charge is -2.10. The fraction of sp³-hybridized carbons (Fsp3) is 0.389. The minimum atomic E-state index is -0.695. The van der Waals surface area contributed by atoms with Gasteiger partial charge in [0.05, 0.1) is 0 Å². The van der Waals surface area contributed by atoms with Gasteiger partial charge in [0.2, 0.25) is 5.88 Å². The number of halogens is 1. The normalized spacial score (nSPS) is 11.5. The first-order chi connectivity index (χ1) is 12.4. The Balaban J connectivity index is 2.14. The number of rotatable bonds is 8. The molecule has 0 unspecified atom stereocenters. The van der Waals surface area contributed by atoms with Crippen LogP contribution in [0.25, 0.3) is 0 Å². The Morgan fingerprint density at radius 2 is 1.96 bits per heavy atom. The molecule has 0 spiro atoms. The van der Waals surface area contributed by atoms with E-state index < -0.39 is 17.1 Å². The molecule has 0 bridgehead atoms. The maximum Gasteiger partial charge on any atom is 0.331 e. The number of nitrogens with one attached hydrogen (secondary N) is 1. The highest BCUT2D eigenvalue weighted by Gasteiger charge is 2.12. The number of aromatic hydroxyl groups is 1. The lowest BCUT2D eigenvalue weighted by atomic mass is 10.1. The molecular weight excluding hydrogens is 339 g/mol. The minimum Gasteiger partial charge on any atom is -0.494 e. The van der Waals surface area contributed by atoms with E-state index in [1.165, 1.54) is 18.3 Å². The van der Waals surface area contributed by atoms with Crippen LogP contribution in [0.3, 0.4) is 0 Å². The van der Waals surface area contributed by atoms with Crippen molar-refractivity contribution in [2.75, 3.05) is 27.2 Å². The second-order valence-electron chi connectivity index (χ2n) is 6.22. The van der Waals surface area contributed by atoms with E-state index in [1.54, 1.807) is 12.1 Å². The Labute approximate surface area is 150 Å². The van der Waals surface area contributed by atoms with E-state index >= 15 is 0 Å². The predicted molar refractivity (Wildman–Crippen MR) is 98.7 cm³/mol. The molecule has 26 heavy (non-hydrogen) atoms. The standard InChI is InChI=1S/C18H23FN4O3/c1-22(2)10-3-9-20-12-15-16(24)21-18(26)23(17(15)25)11-8-13-4-6-14(19)7-5-13/h4-7,12,25H,3,8-11H2,1-2H3,(H,21,24,26). The topological polar surface area (TPSA) is 90.7 Å². The predicted octanol–water partition coefficient (Wildman–Crippen LogP) is 0.995. The maximum absolute atomic E-state index is 12.9. The molecule has 7 nitrogen and oxygen atoms in total. The molecule has 0 saturated heterocycles. The van der Waals surface area contributed by atoms with Gasteiger partial charge >= 0.3 is 5.69 Å². The van der Waals surface area contributed by atoms with E-state index in [0.717, 1.165) is 23.1 Å². The van der Waals surface area contributed by atoms with E-state index in [9.17, 15) is 19.1 Å². The molecule has 1 aromatic carbocycles. The fourth-order valence-corrected chi connectivity index (χ4v) is 2.42. The zero-order chi connectivity index (χ0) is 19.1. The Morgan fingerprint density at radius 3 is 2.62 bits per heavy atom. The van der Waals surface area contributed by atoms with Crippen molar-refractivity contribution in [1.29, 1.82) is 0 Å². The fourth-order valence-electron chi connectivity index (χ4n) is 2.42. The molecule has 0 saturated carbocycles. The number of hydrogen-bond acceptors (Lipinski definition) is 5. The highest BCUT2D eigenvalue weighted by molar-refractivity contribution is 5.81. The summed E-state index contributed by atoms with van der Waals surface area (Å²) in [5.74, 6) is -0.761. The third kappa shape index (κ3) is 5.38. The number of benzene rings is 1. The summed E-state index contributed by atoms with van der Waals surface area (Å²) in [6, 6.07) is 5.87. The summed E-state index contributed by atoms with van der Waals surface area (Å²) in [5.41, 5.74) is -0.613. The Kier molecular flexibility index (Phi) is 6.85. The van der Waals surface area contributed by atoms with Gasteiger partial charge in [-0.2, -0.15) is 0 Å². The van der Waals surface area contributed by atoms with Crippen LogP contribution < -0.4 is 11.2 Å². The van der Waals surface area contributed by atoms with Crippen LogP contribution in [0.4, 0.5) is 4.39 Å². The third-order valence-corrected chi connectivity index (χ3v) is 3.86. The summed E-state index contributed by atoms with van der Waals surface area (Å²) >= 11 is 0. The van der Waals surface area contributed by atoms with E-state index in [2.05, 4.69) is 9.98 Å². The van der Waals surface area contributed by atoms with Gasteiger partial charge in [0.1, 0.15) is 11.4 Å². The second-order valence-corrected chi connectivity index (χ2v) is 6.22. The van der Waals surface area contributed by atoms with Gasteiger partial charge in [0, 0.05) is 19.3 Å². The summed E-state index contributed by atoms with van der Waals surface area (Å²) < 4.78 is 14.0. The molecule has 0 aliphatic heterocycles. The van der Waals surface area contributed by atoms with Crippen molar-refractivity contribution in [2.45, 2.75) is 19.4 Å². The quantitative estimate of drug-likeness (QED) is 0.541. The molecule has 2 rings (SSSR count). The van der Waals surface area contributed by atoms with Gasteiger partial charge in [-0.1, -0.05) is 12.1 Å². The maximum atomic E-state index is 12.9. The molecule has 1 heterocycles. The average Bonchev–Trinajstić information content (AvgIpc) is 2.58. The monoisotopic (exact) mass is 362 g/mol. The number of aliphatic imine (C=N–C) groups is 1. The van der Waals surface area contributed by atoms with Gasteiger partial charge in [-0.15, -0.1) is 0 Å². The molecule has 0 aliphatic carbocycles. The SMILES string of the molecule is CN(C)CCCN=Cc1c(O)n(CCc2ccc(F)cc2)c(=O)[nH]c1=O. The molecule has 8 heteroatoms. The number of nitrogens with zero attached hydrogens (tertiary/aromatic N) is 3. The van der Waals surface area contributed by atoms with Crippen molar-refractivity contribution in [3.63, 3.8) is 0 Å². The lowest BCUT2D eigenvalue weighted by molar-refractivity contribution is 0.399. The van der Waals surface area contributed by atoms with Gasteiger partial charge in [-0.3, -0.25) is 19.3 Å². The minimum absolute atomic E-state index is 0.0476. The van der Waals surface area contributed by atoms with Crippen molar-refractivity contribution in [3.05, 3.63) is 62.0 Å².